The molecule has 0 radical (unpaired) electrons. The summed E-state index contributed by atoms with van der Waals surface area (Å²) in [4.78, 5) is 2.47. The molecule has 1 heterocycles. The molecular formula is C65H50N2. The maximum atomic E-state index is 2.47. The van der Waals surface area contributed by atoms with Crippen LogP contribution in [0.5, 0.6) is 0 Å². The van der Waals surface area contributed by atoms with E-state index in [-0.39, 0.29) is 0 Å². The molecule has 12 aromatic rings. The Balaban J connectivity index is 0.00000244. The third kappa shape index (κ3) is 7.24. The highest BCUT2D eigenvalue weighted by Crippen LogP contribution is 2.49. The van der Waals surface area contributed by atoms with Gasteiger partial charge in [0.2, 0.25) is 0 Å². The number of para-hydroxylation sites is 3. The van der Waals surface area contributed by atoms with Gasteiger partial charge in [-0.2, -0.15) is 0 Å². The molecule has 67 heavy (non-hydrogen) atoms. The number of nitrogens with zero attached hydrogens (tertiary/aromatic N) is 2. The fraction of sp³-hybridized carbons (Fsp3) is 0.0462. The van der Waals surface area contributed by atoms with E-state index < -0.39 is 0 Å². The summed E-state index contributed by atoms with van der Waals surface area (Å²) in [6.07, 6.45) is 0. The summed E-state index contributed by atoms with van der Waals surface area (Å²) in [5.74, 6) is 0. The van der Waals surface area contributed by atoms with Gasteiger partial charge in [0, 0.05) is 38.6 Å². The first-order valence-corrected chi connectivity index (χ1v) is 23.4. The molecule has 0 saturated heterocycles. The van der Waals surface area contributed by atoms with Gasteiger partial charge in [-0.15, -0.1) is 0 Å². The number of aryl methyl sites for hydroxylation is 1. The average Bonchev–Trinajstić information content (AvgIpc) is 3.74. The molecule has 0 bridgehead atoms. The first-order valence-electron chi connectivity index (χ1n) is 23.4. The van der Waals surface area contributed by atoms with E-state index in [0.717, 1.165) is 22.7 Å². The van der Waals surface area contributed by atoms with E-state index in [1.165, 1.54) is 93.4 Å². The molecule has 0 unspecified atom stereocenters. The van der Waals surface area contributed by atoms with Crippen LogP contribution in [0.3, 0.4) is 0 Å². The molecule has 0 atom stereocenters. The average molecular weight is 859 g/mol. The van der Waals surface area contributed by atoms with Gasteiger partial charge in [0.05, 0.1) is 16.7 Å². The Bertz CT molecular complexity index is 3660. The van der Waals surface area contributed by atoms with Crippen molar-refractivity contribution < 1.29 is 0 Å². The minimum Gasteiger partial charge on any atom is -0.309 e. The van der Waals surface area contributed by atoms with E-state index in [2.05, 4.69) is 265 Å². The quantitative estimate of drug-likeness (QED) is 0.138. The number of hydrogen-bond acceptors (Lipinski definition) is 1. The minimum atomic E-state index is 1.11. The maximum Gasteiger partial charge on any atom is 0.0618 e. The summed E-state index contributed by atoms with van der Waals surface area (Å²) in [5, 5.41) is 7.26. The largest absolute Gasteiger partial charge is 0.309 e. The van der Waals surface area contributed by atoms with Crippen LogP contribution in [0.25, 0.3) is 93.5 Å². The molecule has 2 nitrogen and oxygen atoms in total. The van der Waals surface area contributed by atoms with E-state index in [1.54, 1.807) is 0 Å². The Hall–Kier alpha value is -8.46. The Morgan fingerprint density at radius 3 is 1.39 bits per heavy atom. The second kappa shape index (κ2) is 17.8. The lowest BCUT2D eigenvalue weighted by atomic mass is 9.87. The van der Waals surface area contributed by atoms with Crippen molar-refractivity contribution in [3.63, 3.8) is 0 Å². The number of anilines is 3. The molecule has 0 amide bonds. The predicted molar refractivity (Wildman–Crippen MR) is 288 cm³/mol. The molecule has 0 aliphatic carbocycles. The first-order chi connectivity index (χ1) is 33.2. The highest BCUT2D eigenvalue weighted by molar-refractivity contribution is 6.23. The van der Waals surface area contributed by atoms with Crippen LogP contribution in [-0.4, -0.2) is 4.57 Å². The fourth-order valence-corrected chi connectivity index (χ4v) is 10.2. The van der Waals surface area contributed by atoms with Gasteiger partial charge in [-0.3, -0.25) is 0 Å². The Morgan fingerprint density at radius 2 is 0.761 bits per heavy atom. The van der Waals surface area contributed by atoms with Crippen molar-refractivity contribution in [1.82, 2.24) is 4.57 Å². The lowest BCUT2D eigenvalue weighted by molar-refractivity contribution is 1.18. The molecule has 0 N–H and O–H groups in total. The molecule has 0 spiro atoms. The van der Waals surface area contributed by atoms with Crippen molar-refractivity contribution >= 4 is 60.4 Å². The third-order valence-electron chi connectivity index (χ3n) is 13.1. The zero-order valence-electron chi connectivity index (χ0n) is 38.1. The molecular weight excluding hydrogens is 809 g/mol. The van der Waals surface area contributed by atoms with Crippen LogP contribution < -0.4 is 4.90 Å². The van der Waals surface area contributed by atoms with Gasteiger partial charge in [0.1, 0.15) is 0 Å². The van der Waals surface area contributed by atoms with E-state index >= 15 is 0 Å². The van der Waals surface area contributed by atoms with Gasteiger partial charge in [-0.1, -0.05) is 214 Å². The molecule has 0 aliphatic heterocycles. The summed E-state index contributed by atoms with van der Waals surface area (Å²) >= 11 is 0. The lowest BCUT2D eigenvalue weighted by Crippen LogP contribution is -2.11. The summed E-state index contributed by atoms with van der Waals surface area (Å²) in [6.45, 7) is 6.20. The molecule has 0 aliphatic rings. The van der Waals surface area contributed by atoms with Gasteiger partial charge in [-0.25, -0.2) is 0 Å². The molecule has 0 saturated carbocycles. The van der Waals surface area contributed by atoms with Crippen LogP contribution in [-0.2, 0) is 0 Å². The maximum absolute atomic E-state index is 2.47. The van der Waals surface area contributed by atoms with Crippen molar-refractivity contribution in [3.8, 4) is 50.2 Å². The van der Waals surface area contributed by atoms with Crippen LogP contribution in [0.15, 0.2) is 249 Å². The van der Waals surface area contributed by atoms with Crippen molar-refractivity contribution in [2.24, 2.45) is 0 Å². The topological polar surface area (TPSA) is 8.17 Å². The number of rotatable bonds is 8. The minimum absolute atomic E-state index is 1.11. The summed E-state index contributed by atoms with van der Waals surface area (Å²) in [6, 6.07) is 90.7. The van der Waals surface area contributed by atoms with Gasteiger partial charge in [-0.05, 0) is 116 Å². The van der Waals surface area contributed by atoms with Gasteiger partial charge >= 0.3 is 0 Å². The summed E-state index contributed by atoms with van der Waals surface area (Å²) in [7, 11) is 0. The number of benzene rings is 11. The first kappa shape index (κ1) is 41.3. The van der Waals surface area contributed by atoms with Crippen LogP contribution in [0, 0.1) is 6.92 Å². The molecule has 11 aromatic carbocycles. The van der Waals surface area contributed by atoms with E-state index in [1.807, 2.05) is 13.8 Å². The molecule has 2 heteroatoms. The number of hydrogen-bond donors (Lipinski definition) is 0. The fourth-order valence-electron chi connectivity index (χ4n) is 10.2. The van der Waals surface area contributed by atoms with E-state index in [4.69, 9.17) is 0 Å². The smallest absolute Gasteiger partial charge is 0.0618 e. The van der Waals surface area contributed by atoms with E-state index in [9.17, 15) is 0 Å². The second-order valence-electron chi connectivity index (χ2n) is 16.9. The SMILES string of the molecule is CC.Cc1ccccc1-c1ccccc1-c1ccccc1-c1ccc(-c2c3ccccc3c(N(c3ccccc3)c3ccc4c(c3)c3ccccc3n4-c3ccccc3)c3ccccc23)cc1. The van der Waals surface area contributed by atoms with Crippen molar-refractivity contribution in [2.75, 3.05) is 4.90 Å². The second-order valence-corrected chi connectivity index (χ2v) is 16.9. The Labute approximate surface area is 393 Å². The highest BCUT2D eigenvalue weighted by Gasteiger charge is 2.24. The molecule has 0 fully saturated rings. The summed E-state index contributed by atoms with van der Waals surface area (Å²) < 4.78 is 2.38. The number of fused-ring (bicyclic) bond motifs is 5. The molecule has 1 aromatic heterocycles. The van der Waals surface area contributed by atoms with Gasteiger partial charge in [0.25, 0.3) is 0 Å². The van der Waals surface area contributed by atoms with Gasteiger partial charge in [0.15, 0.2) is 0 Å². The van der Waals surface area contributed by atoms with Crippen LogP contribution >= 0.6 is 0 Å². The van der Waals surface area contributed by atoms with E-state index in [0.29, 0.717) is 0 Å². The van der Waals surface area contributed by atoms with Gasteiger partial charge < -0.3 is 9.47 Å². The highest BCUT2D eigenvalue weighted by atomic mass is 15.1. The monoisotopic (exact) mass is 858 g/mol. The van der Waals surface area contributed by atoms with Crippen LogP contribution in [0.1, 0.15) is 19.4 Å². The zero-order chi connectivity index (χ0) is 45.3. The Morgan fingerprint density at radius 1 is 0.313 bits per heavy atom. The summed E-state index contributed by atoms with van der Waals surface area (Å²) in [5.41, 5.74) is 18.0. The zero-order valence-corrected chi connectivity index (χ0v) is 38.1. The van der Waals surface area contributed by atoms with Crippen LogP contribution in [0.4, 0.5) is 17.1 Å². The standard InChI is InChI=1S/C63H44N2.C2H6/c1-43-20-8-9-25-49(43)51-27-12-13-29-53(51)52-28-11-10-26-50(52)44-36-38-45(39-37-44)62-55-31-14-16-33-57(55)63(58-34-17-15-32-56(58)62)64(46-21-4-2-5-22-46)48-40-41-61-59(42-48)54-30-18-19-35-60(54)65(61)47-23-6-3-7-24-47;1-2/h2-42H,1H3;1-2H3. The predicted octanol–water partition coefficient (Wildman–Crippen LogP) is 18.6. The molecule has 12 rings (SSSR count). The van der Waals surface area contributed by atoms with Crippen molar-refractivity contribution in [2.45, 2.75) is 20.8 Å². The Kier molecular flexibility index (Phi) is 11.0. The lowest BCUT2D eigenvalue weighted by Gasteiger charge is -2.29. The normalized spacial score (nSPS) is 11.2. The van der Waals surface area contributed by atoms with Crippen molar-refractivity contribution in [1.29, 1.82) is 0 Å². The van der Waals surface area contributed by atoms with Crippen LogP contribution in [0.2, 0.25) is 0 Å². The molecule has 320 valence electrons. The third-order valence-corrected chi connectivity index (χ3v) is 13.1. The number of aromatic nitrogens is 1. The van der Waals surface area contributed by atoms with Crippen molar-refractivity contribution in [3.05, 3.63) is 254 Å².